The Morgan fingerprint density at radius 3 is 2.56 bits per heavy atom. The predicted octanol–water partition coefficient (Wildman–Crippen LogP) is 3.17. The standard InChI is InChI=1S/C10H8F2N2OS/c1-2-8-13-10(16-14-8)15-9-6(11)4-3-5-7(9)12/h3-5H,2H2,1H3. The number of halogens is 2. The zero-order valence-corrected chi connectivity index (χ0v) is 9.22. The summed E-state index contributed by atoms with van der Waals surface area (Å²) in [5.74, 6) is -1.36. The maximum Gasteiger partial charge on any atom is 0.298 e. The van der Waals surface area contributed by atoms with Crippen LogP contribution < -0.4 is 4.74 Å². The van der Waals surface area contributed by atoms with Crippen molar-refractivity contribution in [2.75, 3.05) is 0 Å². The Balaban J connectivity index is 2.26. The van der Waals surface area contributed by atoms with E-state index < -0.39 is 17.4 Å². The summed E-state index contributed by atoms with van der Waals surface area (Å²) in [5, 5.41) is 0.140. The summed E-state index contributed by atoms with van der Waals surface area (Å²) >= 11 is 0.970. The highest BCUT2D eigenvalue weighted by Gasteiger charge is 2.13. The number of hydrogen-bond donors (Lipinski definition) is 0. The molecule has 84 valence electrons. The van der Waals surface area contributed by atoms with Gasteiger partial charge in [0, 0.05) is 18.0 Å². The Morgan fingerprint density at radius 2 is 2.00 bits per heavy atom. The molecular formula is C10H8F2N2OS. The number of para-hydroxylation sites is 1. The Bertz CT molecular complexity index is 481. The molecule has 0 N–H and O–H groups in total. The zero-order valence-electron chi connectivity index (χ0n) is 8.41. The monoisotopic (exact) mass is 242 g/mol. The molecule has 0 saturated carbocycles. The van der Waals surface area contributed by atoms with Crippen LogP contribution in [0.5, 0.6) is 10.9 Å². The first-order valence-corrected chi connectivity index (χ1v) is 5.42. The van der Waals surface area contributed by atoms with E-state index in [0.29, 0.717) is 12.2 Å². The van der Waals surface area contributed by atoms with Gasteiger partial charge in [-0.1, -0.05) is 13.0 Å². The molecule has 16 heavy (non-hydrogen) atoms. The van der Waals surface area contributed by atoms with Gasteiger partial charge in [-0.05, 0) is 12.1 Å². The Labute approximate surface area is 94.9 Å². The molecule has 2 rings (SSSR count). The minimum Gasteiger partial charge on any atom is -0.424 e. The number of aryl methyl sites for hydroxylation is 1. The second-order valence-electron chi connectivity index (χ2n) is 2.98. The number of benzene rings is 1. The van der Waals surface area contributed by atoms with Gasteiger partial charge in [0.05, 0.1) is 0 Å². The van der Waals surface area contributed by atoms with Crippen LogP contribution in [0.25, 0.3) is 0 Å². The molecule has 1 aromatic heterocycles. The molecule has 2 aromatic rings. The van der Waals surface area contributed by atoms with Gasteiger partial charge in [-0.2, -0.15) is 9.36 Å². The molecule has 1 aromatic carbocycles. The van der Waals surface area contributed by atoms with Gasteiger partial charge in [0.2, 0.25) is 5.75 Å². The number of hydrogen-bond acceptors (Lipinski definition) is 4. The molecule has 0 saturated heterocycles. The zero-order chi connectivity index (χ0) is 11.5. The SMILES string of the molecule is CCc1nsc(Oc2c(F)cccc2F)n1. The molecule has 0 unspecified atom stereocenters. The molecule has 0 aliphatic heterocycles. The highest BCUT2D eigenvalue weighted by Crippen LogP contribution is 2.28. The molecule has 1 heterocycles. The largest absolute Gasteiger partial charge is 0.424 e. The van der Waals surface area contributed by atoms with Crippen molar-refractivity contribution in [2.45, 2.75) is 13.3 Å². The molecule has 0 amide bonds. The summed E-state index contributed by atoms with van der Waals surface area (Å²) < 4.78 is 35.4. The van der Waals surface area contributed by atoms with Crippen molar-refractivity contribution >= 4 is 11.5 Å². The van der Waals surface area contributed by atoms with Crippen molar-refractivity contribution in [2.24, 2.45) is 0 Å². The van der Waals surface area contributed by atoms with Crippen molar-refractivity contribution < 1.29 is 13.5 Å². The lowest BCUT2D eigenvalue weighted by atomic mass is 10.3. The van der Waals surface area contributed by atoms with Crippen molar-refractivity contribution in [3.05, 3.63) is 35.7 Å². The van der Waals surface area contributed by atoms with Gasteiger partial charge in [0.1, 0.15) is 5.82 Å². The average Bonchev–Trinajstić information content (AvgIpc) is 2.71. The molecule has 0 bridgehead atoms. The molecule has 6 heteroatoms. The van der Waals surface area contributed by atoms with Crippen LogP contribution in [0, 0.1) is 11.6 Å². The fourth-order valence-electron chi connectivity index (χ4n) is 1.09. The van der Waals surface area contributed by atoms with E-state index in [0.717, 1.165) is 23.7 Å². The van der Waals surface area contributed by atoms with E-state index >= 15 is 0 Å². The van der Waals surface area contributed by atoms with Gasteiger partial charge in [-0.3, -0.25) is 0 Å². The summed E-state index contributed by atoms with van der Waals surface area (Å²) in [5.41, 5.74) is 0. The van der Waals surface area contributed by atoms with Crippen LogP contribution in [0.4, 0.5) is 8.78 Å². The molecular weight excluding hydrogens is 234 g/mol. The van der Waals surface area contributed by atoms with Crippen molar-refractivity contribution in [3.8, 4) is 10.9 Å². The summed E-state index contributed by atoms with van der Waals surface area (Å²) in [6.07, 6.45) is 0.652. The third-order valence-corrected chi connectivity index (χ3v) is 2.51. The van der Waals surface area contributed by atoms with E-state index in [1.165, 1.54) is 6.07 Å². The average molecular weight is 242 g/mol. The van der Waals surface area contributed by atoms with Gasteiger partial charge in [-0.25, -0.2) is 8.78 Å². The molecule has 0 fully saturated rings. The van der Waals surface area contributed by atoms with Crippen LogP contribution >= 0.6 is 11.5 Å². The third kappa shape index (κ3) is 2.16. The first-order valence-electron chi connectivity index (χ1n) is 4.65. The first kappa shape index (κ1) is 10.9. The van der Waals surface area contributed by atoms with Gasteiger partial charge >= 0.3 is 0 Å². The van der Waals surface area contributed by atoms with Crippen LogP contribution in [-0.2, 0) is 6.42 Å². The summed E-state index contributed by atoms with van der Waals surface area (Å²) in [7, 11) is 0. The molecule has 3 nitrogen and oxygen atoms in total. The number of aromatic nitrogens is 2. The van der Waals surface area contributed by atoms with Crippen LogP contribution in [0.3, 0.4) is 0 Å². The Kier molecular flexibility index (Phi) is 3.09. The van der Waals surface area contributed by atoms with Gasteiger partial charge < -0.3 is 4.74 Å². The molecule has 0 aliphatic rings. The van der Waals surface area contributed by atoms with Crippen molar-refractivity contribution in [3.63, 3.8) is 0 Å². The Morgan fingerprint density at radius 1 is 1.31 bits per heavy atom. The first-order chi connectivity index (χ1) is 7.70. The minimum absolute atomic E-state index is 0.140. The summed E-state index contributed by atoms with van der Waals surface area (Å²) in [4.78, 5) is 3.96. The predicted molar refractivity (Wildman–Crippen MR) is 55.7 cm³/mol. The van der Waals surface area contributed by atoms with Crippen LogP contribution in [-0.4, -0.2) is 9.36 Å². The highest BCUT2D eigenvalue weighted by atomic mass is 32.1. The smallest absolute Gasteiger partial charge is 0.298 e. The maximum absolute atomic E-state index is 13.2. The van der Waals surface area contributed by atoms with E-state index in [-0.39, 0.29) is 5.19 Å². The lowest BCUT2D eigenvalue weighted by molar-refractivity contribution is 0.405. The number of ether oxygens (including phenoxy) is 1. The lowest BCUT2D eigenvalue weighted by Gasteiger charge is -2.02. The highest BCUT2D eigenvalue weighted by molar-refractivity contribution is 7.07. The number of rotatable bonds is 3. The lowest BCUT2D eigenvalue weighted by Crippen LogP contribution is -1.92. The third-order valence-electron chi connectivity index (χ3n) is 1.87. The molecule has 0 radical (unpaired) electrons. The normalized spacial score (nSPS) is 10.4. The number of nitrogens with zero attached hydrogens (tertiary/aromatic N) is 2. The summed E-state index contributed by atoms with van der Waals surface area (Å²) in [6.45, 7) is 1.88. The van der Waals surface area contributed by atoms with Crippen LogP contribution in [0.15, 0.2) is 18.2 Å². The van der Waals surface area contributed by atoms with E-state index in [2.05, 4.69) is 9.36 Å². The second-order valence-corrected chi connectivity index (χ2v) is 3.70. The van der Waals surface area contributed by atoms with E-state index in [1.807, 2.05) is 6.92 Å². The maximum atomic E-state index is 13.2. The van der Waals surface area contributed by atoms with Crippen LogP contribution in [0.1, 0.15) is 12.7 Å². The fourth-order valence-corrected chi connectivity index (χ4v) is 1.71. The van der Waals surface area contributed by atoms with E-state index in [9.17, 15) is 8.78 Å². The van der Waals surface area contributed by atoms with Gasteiger partial charge in [-0.15, -0.1) is 0 Å². The minimum atomic E-state index is -0.756. The molecule has 0 spiro atoms. The van der Waals surface area contributed by atoms with Gasteiger partial charge in [0.15, 0.2) is 11.6 Å². The van der Waals surface area contributed by atoms with E-state index in [1.54, 1.807) is 0 Å². The van der Waals surface area contributed by atoms with Crippen molar-refractivity contribution in [1.29, 1.82) is 0 Å². The molecule has 0 aliphatic carbocycles. The van der Waals surface area contributed by atoms with Gasteiger partial charge in [0.25, 0.3) is 5.19 Å². The molecule has 0 atom stereocenters. The fraction of sp³-hybridized carbons (Fsp3) is 0.200. The van der Waals surface area contributed by atoms with E-state index in [4.69, 9.17) is 4.74 Å². The van der Waals surface area contributed by atoms with Crippen LogP contribution in [0.2, 0.25) is 0 Å². The second kappa shape index (κ2) is 4.52. The summed E-state index contributed by atoms with van der Waals surface area (Å²) in [6, 6.07) is 3.52. The topological polar surface area (TPSA) is 35.0 Å². The van der Waals surface area contributed by atoms with Crippen molar-refractivity contribution in [1.82, 2.24) is 9.36 Å². The quantitative estimate of drug-likeness (QED) is 0.829. The Hall–Kier alpha value is -1.56.